The van der Waals surface area contributed by atoms with Crippen LogP contribution in [-0.4, -0.2) is 9.38 Å². The lowest BCUT2D eigenvalue weighted by atomic mass is 10.1. The molecule has 0 saturated carbocycles. The third-order valence-electron chi connectivity index (χ3n) is 3.79. The monoisotopic (exact) mass is 306 g/mol. The van der Waals surface area contributed by atoms with Gasteiger partial charge in [0.25, 0.3) is 5.56 Å². The molecule has 0 aliphatic rings. The molecular formula is C18H14N2OS. The number of hydrogen-bond acceptors (Lipinski definition) is 3. The van der Waals surface area contributed by atoms with E-state index in [2.05, 4.69) is 18.0 Å². The SMILES string of the molecule is Cc1ccc2c(c1)sc1ncc(Cc3ccccc3)c(=O)n12. The highest BCUT2D eigenvalue weighted by atomic mass is 32.1. The van der Waals surface area contributed by atoms with Gasteiger partial charge in [-0.05, 0) is 30.2 Å². The van der Waals surface area contributed by atoms with Crippen LogP contribution in [0.2, 0.25) is 0 Å². The van der Waals surface area contributed by atoms with E-state index in [9.17, 15) is 4.79 Å². The van der Waals surface area contributed by atoms with Gasteiger partial charge in [-0.15, -0.1) is 0 Å². The molecule has 2 aromatic carbocycles. The molecular weight excluding hydrogens is 292 g/mol. The van der Waals surface area contributed by atoms with E-state index < -0.39 is 0 Å². The van der Waals surface area contributed by atoms with Gasteiger partial charge in [0.1, 0.15) is 0 Å². The number of benzene rings is 2. The van der Waals surface area contributed by atoms with Crippen LogP contribution in [-0.2, 0) is 6.42 Å². The van der Waals surface area contributed by atoms with Crippen molar-refractivity contribution in [3.8, 4) is 0 Å². The standard InChI is InChI=1S/C18H14N2OS/c1-12-7-8-15-16(9-12)22-18-19-11-14(17(21)20(15)18)10-13-5-3-2-4-6-13/h2-9,11H,10H2,1H3. The van der Waals surface area contributed by atoms with Gasteiger partial charge in [-0.25, -0.2) is 4.98 Å². The summed E-state index contributed by atoms with van der Waals surface area (Å²) in [6, 6.07) is 16.2. The van der Waals surface area contributed by atoms with Crippen LogP contribution in [0.5, 0.6) is 0 Å². The van der Waals surface area contributed by atoms with E-state index in [1.807, 2.05) is 42.5 Å². The van der Waals surface area contributed by atoms with Gasteiger partial charge in [-0.2, -0.15) is 0 Å². The Labute approximate surface area is 131 Å². The lowest BCUT2D eigenvalue weighted by Gasteiger charge is -2.02. The fourth-order valence-electron chi connectivity index (χ4n) is 2.68. The number of aryl methyl sites for hydroxylation is 1. The fourth-order valence-corrected chi connectivity index (χ4v) is 3.77. The smallest absolute Gasteiger partial charge is 0.262 e. The van der Waals surface area contributed by atoms with E-state index >= 15 is 0 Å². The van der Waals surface area contributed by atoms with E-state index in [0.717, 1.165) is 26.3 Å². The van der Waals surface area contributed by atoms with Crippen LogP contribution in [0.15, 0.2) is 59.5 Å². The lowest BCUT2D eigenvalue weighted by Crippen LogP contribution is -2.18. The van der Waals surface area contributed by atoms with Gasteiger partial charge in [0, 0.05) is 18.2 Å². The summed E-state index contributed by atoms with van der Waals surface area (Å²) in [5.74, 6) is 0. The predicted molar refractivity (Wildman–Crippen MR) is 90.8 cm³/mol. The van der Waals surface area contributed by atoms with Crippen molar-refractivity contribution in [2.75, 3.05) is 0 Å². The van der Waals surface area contributed by atoms with Crippen molar-refractivity contribution in [1.82, 2.24) is 9.38 Å². The van der Waals surface area contributed by atoms with E-state index in [0.29, 0.717) is 6.42 Å². The highest BCUT2D eigenvalue weighted by Gasteiger charge is 2.11. The van der Waals surface area contributed by atoms with Crippen LogP contribution in [0.1, 0.15) is 16.7 Å². The average Bonchev–Trinajstić information content (AvgIpc) is 2.89. The number of fused-ring (bicyclic) bond motifs is 3. The molecule has 0 amide bonds. The van der Waals surface area contributed by atoms with Crippen LogP contribution < -0.4 is 5.56 Å². The zero-order valence-electron chi connectivity index (χ0n) is 12.1. The normalized spacial score (nSPS) is 11.3. The maximum absolute atomic E-state index is 12.8. The molecule has 0 aliphatic carbocycles. The quantitative estimate of drug-likeness (QED) is 0.564. The topological polar surface area (TPSA) is 34.4 Å². The molecule has 108 valence electrons. The second-order valence-corrected chi connectivity index (χ2v) is 6.45. The minimum atomic E-state index is 0.0314. The van der Waals surface area contributed by atoms with Gasteiger partial charge in [-0.3, -0.25) is 9.20 Å². The second kappa shape index (κ2) is 5.07. The van der Waals surface area contributed by atoms with E-state index in [1.165, 1.54) is 5.56 Å². The van der Waals surface area contributed by atoms with Crippen molar-refractivity contribution in [3.63, 3.8) is 0 Å². The molecule has 22 heavy (non-hydrogen) atoms. The van der Waals surface area contributed by atoms with Crippen LogP contribution in [0.4, 0.5) is 0 Å². The van der Waals surface area contributed by atoms with Crippen molar-refractivity contribution in [2.24, 2.45) is 0 Å². The van der Waals surface area contributed by atoms with Crippen LogP contribution in [0, 0.1) is 6.92 Å². The number of thiazole rings is 1. The fraction of sp³-hybridized carbons (Fsp3) is 0.111. The van der Waals surface area contributed by atoms with E-state index in [4.69, 9.17) is 0 Å². The highest BCUT2D eigenvalue weighted by molar-refractivity contribution is 7.23. The zero-order valence-corrected chi connectivity index (χ0v) is 12.9. The van der Waals surface area contributed by atoms with Gasteiger partial charge in [0.15, 0.2) is 4.96 Å². The first-order valence-electron chi connectivity index (χ1n) is 7.16. The van der Waals surface area contributed by atoms with Gasteiger partial charge >= 0.3 is 0 Å². The molecule has 0 aliphatic heterocycles. The summed E-state index contributed by atoms with van der Waals surface area (Å²) < 4.78 is 2.83. The minimum Gasteiger partial charge on any atom is -0.269 e. The summed E-state index contributed by atoms with van der Waals surface area (Å²) in [6.45, 7) is 2.06. The van der Waals surface area contributed by atoms with Crippen molar-refractivity contribution < 1.29 is 0 Å². The molecule has 4 heteroatoms. The van der Waals surface area contributed by atoms with Crippen LogP contribution in [0.3, 0.4) is 0 Å². The van der Waals surface area contributed by atoms with Crippen molar-refractivity contribution >= 4 is 26.5 Å². The Bertz CT molecular complexity index is 1030. The van der Waals surface area contributed by atoms with Crippen molar-refractivity contribution in [2.45, 2.75) is 13.3 Å². The summed E-state index contributed by atoms with van der Waals surface area (Å²) in [5, 5.41) is 0. The third-order valence-corrected chi connectivity index (χ3v) is 4.81. The van der Waals surface area contributed by atoms with Gasteiger partial charge in [-0.1, -0.05) is 47.7 Å². The van der Waals surface area contributed by atoms with Crippen molar-refractivity contribution in [1.29, 1.82) is 0 Å². The van der Waals surface area contributed by atoms with Gasteiger partial charge in [0.05, 0.1) is 10.2 Å². The molecule has 0 N–H and O–H groups in total. The van der Waals surface area contributed by atoms with Crippen LogP contribution in [0.25, 0.3) is 15.2 Å². The first kappa shape index (κ1) is 13.2. The maximum atomic E-state index is 12.8. The molecule has 2 aromatic heterocycles. The first-order chi connectivity index (χ1) is 10.7. The Hall–Kier alpha value is -2.46. The zero-order chi connectivity index (χ0) is 15.1. The van der Waals surface area contributed by atoms with E-state index in [-0.39, 0.29) is 5.56 Å². The highest BCUT2D eigenvalue weighted by Crippen LogP contribution is 2.25. The summed E-state index contributed by atoms with van der Waals surface area (Å²) in [6.07, 6.45) is 2.33. The summed E-state index contributed by atoms with van der Waals surface area (Å²) in [5.41, 5.74) is 4.01. The Balaban J connectivity index is 1.93. The summed E-state index contributed by atoms with van der Waals surface area (Å²) in [7, 11) is 0. The molecule has 3 nitrogen and oxygen atoms in total. The Morgan fingerprint density at radius 1 is 1.14 bits per heavy atom. The molecule has 0 bridgehead atoms. The molecule has 4 aromatic rings. The molecule has 0 radical (unpaired) electrons. The van der Waals surface area contributed by atoms with E-state index in [1.54, 1.807) is 21.9 Å². The summed E-state index contributed by atoms with van der Waals surface area (Å²) in [4.78, 5) is 18.1. The maximum Gasteiger partial charge on any atom is 0.262 e. The lowest BCUT2D eigenvalue weighted by molar-refractivity contribution is 1.02. The Morgan fingerprint density at radius 2 is 1.95 bits per heavy atom. The largest absolute Gasteiger partial charge is 0.269 e. The predicted octanol–water partition coefficient (Wildman–Crippen LogP) is 3.81. The van der Waals surface area contributed by atoms with Crippen LogP contribution >= 0.6 is 11.3 Å². The Morgan fingerprint density at radius 3 is 2.77 bits per heavy atom. The summed E-state index contributed by atoms with van der Waals surface area (Å²) >= 11 is 1.56. The molecule has 0 spiro atoms. The third kappa shape index (κ3) is 2.12. The molecule has 0 unspecified atom stereocenters. The molecule has 0 saturated heterocycles. The number of nitrogens with zero attached hydrogens (tertiary/aromatic N) is 2. The number of aromatic nitrogens is 2. The number of hydrogen-bond donors (Lipinski definition) is 0. The van der Waals surface area contributed by atoms with Crippen molar-refractivity contribution in [3.05, 3.63) is 81.8 Å². The molecule has 0 atom stereocenters. The number of rotatable bonds is 2. The van der Waals surface area contributed by atoms with Gasteiger partial charge in [0.2, 0.25) is 0 Å². The van der Waals surface area contributed by atoms with Gasteiger partial charge < -0.3 is 0 Å². The molecule has 0 fully saturated rings. The average molecular weight is 306 g/mol. The molecule has 2 heterocycles. The second-order valence-electron chi connectivity index (χ2n) is 5.44. The molecule has 4 rings (SSSR count). The first-order valence-corrected chi connectivity index (χ1v) is 7.98. The minimum absolute atomic E-state index is 0.0314. The Kier molecular flexibility index (Phi) is 3.05.